The lowest BCUT2D eigenvalue weighted by Gasteiger charge is -2.26. The summed E-state index contributed by atoms with van der Waals surface area (Å²) in [5, 5.41) is 1.52. The maximum atomic E-state index is 5.76. The molecule has 0 aliphatic heterocycles. The van der Waals surface area contributed by atoms with Crippen molar-refractivity contribution in [2.24, 2.45) is 0 Å². The molecule has 2 rings (SSSR count). The Hall–Kier alpha value is -1.63. The molecule has 0 atom stereocenters. The zero-order valence-electron chi connectivity index (χ0n) is 9.96. The molecule has 1 heterocycles. The number of hydrogen-bond acceptors (Lipinski definition) is 7. The number of nitrogens with two attached hydrogens (primary N) is 2. The SMILES string of the molecule is CN(OC1CCCCC1)c1nc(N)nc(N)n1. The molecule has 7 nitrogen and oxygen atoms in total. The van der Waals surface area contributed by atoms with Crippen molar-refractivity contribution in [3.8, 4) is 0 Å². The highest BCUT2D eigenvalue weighted by molar-refractivity contribution is 5.36. The maximum absolute atomic E-state index is 5.76. The van der Waals surface area contributed by atoms with Crippen LogP contribution in [0.25, 0.3) is 0 Å². The van der Waals surface area contributed by atoms with Gasteiger partial charge in [0.25, 0.3) is 5.95 Å². The van der Waals surface area contributed by atoms with Gasteiger partial charge in [-0.2, -0.15) is 15.0 Å². The van der Waals surface area contributed by atoms with Crippen LogP contribution in [0, 0.1) is 0 Å². The number of nitrogen functional groups attached to an aromatic ring is 2. The summed E-state index contributed by atoms with van der Waals surface area (Å²) in [6.07, 6.45) is 6.07. The Morgan fingerprint density at radius 1 is 1.06 bits per heavy atom. The first-order valence-corrected chi connectivity index (χ1v) is 5.82. The first kappa shape index (κ1) is 11.8. The van der Waals surface area contributed by atoms with Gasteiger partial charge in [-0.05, 0) is 12.8 Å². The molecule has 0 amide bonds. The Labute approximate surface area is 100 Å². The highest BCUT2D eigenvalue weighted by Crippen LogP contribution is 2.22. The topological polar surface area (TPSA) is 103 Å². The Bertz CT molecular complexity index is 359. The first-order chi connectivity index (χ1) is 8.15. The van der Waals surface area contributed by atoms with Gasteiger partial charge in [-0.15, -0.1) is 0 Å². The van der Waals surface area contributed by atoms with Gasteiger partial charge in [0.2, 0.25) is 11.9 Å². The molecule has 1 aliphatic carbocycles. The van der Waals surface area contributed by atoms with Crippen molar-refractivity contribution in [1.82, 2.24) is 15.0 Å². The fourth-order valence-electron chi connectivity index (χ4n) is 1.98. The second kappa shape index (κ2) is 5.13. The maximum Gasteiger partial charge on any atom is 0.256 e. The summed E-state index contributed by atoms with van der Waals surface area (Å²) in [4.78, 5) is 17.4. The monoisotopic (exact) mass is 238 g/mol. The van der Waals surface area contributed by atoms with Crippen LogP contribution >= 0.6 is 0 Å². The predicted molar refractivity (Wildman–Crippen MR) is 65.0 cm³/mol. The van der Waals surface area contributed by atoms with Gasteiger partial charge in [0.15, 0.2) is 0 Å². The molecular weight excluding hydrogens is 220 g/mol. The molecule has 1 saturated carbocycles. The third-order valence-corrected chi connectivity index (χ3v) is 2.80. The van der Waals surface area contributed by atoms with E-state index in [1.54, 1.807) is 7.05 Å². The lowest BCUT2D eigenvalue weighted by atomic mass is 9.98. The minimum absolute atomic E-state index is 0.103. The van der Waals surface area contributed by atoms with Gasteiger partial charge in [0.05, 0.1) is 6.10 Å². The van der Waals surface area contributed by atoms with Crippen LogP contribution in [-0.4, -0.2) is 28.1 Å². The zero-order valence-corrected chi connectivity index (χ0v) is 9.96. The Morgan fingerprint density at radius 3 is 2.24 bits per heavy atom. The van der Waals surface area contributed by atoms with Gasteiger partial charge in [-0.25, -0.2) is 5.06 Å². The van der Waals surface area contributed by atoms with Crippen LogP contribution in [0.5, 0.6) is 0 Å². The molecule has 1 aromatic heterocycles. The van der Waals surface area contributed by atoms with Crippen molar-refractivity contribution in [3.63, 3.8) is 0 Å². The van der Waals surface area contributed by atoms with Crippen LogP contribution in [0.15, 0.2) is 0 Å². The van der Waals surface area contributed by atoms with E-state index in [-0.39, 0.29) is 18.0 Å². The first-order valence-electron chi connectivity index (χ1n) is 5.82. The van der Waals surface area contributed by atoms with E-state index in [0.29, 0.717) is 5.95 Å². The Morgan fingerprint density at radius 2 is 1.65 bits per heavy atom. The standard InChI is InChI=1S/C10H18N6O/c1-16(17-7-5-3-2-4-6-7)10-14-8(11)13-9(12)15-10/h7H,2-6H2,1H3,(H4,11,12,13,14,15). The molecule has 1 aliphatic rings. The smallest absolute Gasteiger partial charge is 0.256 e. The van der Waals surface area contributed by atoms with E-state index in [1.165, 1.54) is 24.3 Å². The molecule has 0 bridgehead atoms. The molecule has 7 heteroatoms. The van der Waals surface area contributed by atoms with Gasteiger partial charge in [-0.3, -0.25) is 4.84 Å². The van der Waals surface area contributed by atoms with Gasteiger partial charge < -0.3 is 11.5 Å². The third-order valence-electron chi connectivity index (χ3n) is 2.80. The number of hydrogen-bond donors (Lipinski definition) is 2. The fraction of sp³-hybridized carbons (Fsp3) is 0.700. The molecule has 0 aromatic carbocycles. The van der Waals surface area contributed by atoms with E-state index in [1.807, 2.05) is 0 Å². The predicted octanol–water partition coefficient (Wildman–Crippen LogP) is 0.736. The van der Waals surface area contributed by atoms with E-state index in [9.17, 15) is 0 Å². The van der Waals surface area contributed by atoms with Crippen LogP contribution < -0.4 is 16.5 Å². The van der Waals surface area contributed by atoms with Crippen LogP contribution in [-0.2, 0) is 4.84 Å². The van der Waals surface area contributed by atoms with Crippen LogP contribution in [0.3, 0.4) is 0 Å². The van der Waals surface area contributed by atoms with E-state index in [0.717, 1.165) is 12.8 Å². The zero-order chi connectivity index (χ0) is 12.3. The molecule has 1 fully saturated rings. The Balaban J connectivity index is 2.00. The highest BCUT2D eigenvalue weighted by atomic mass is 16.7. The van der Waals surface area contributed by atoms with Crippen molar-refractivity contribution in [2.45, 2.75) is 38.2 Å². The fourth-order valence-corrected chi connectivity index (χ4v) is 1.98. The molecule has 0 saturated heterocycles. The molecular formula is C10H18N6O. The van der Waals surface area contributed by atoms with Crippen molar-refractivity contribution in [2.75, 3.05) is 23.6 Å². The quantitative estimate of drug-likeness (QED) is 0.748. The second-order valence-corrected chi connectivity index (χ2v) is 4.21. The van der Waals surface area contributed by atoms with Crippen molar-refractivity contribution in [1.29, 1.82) is 0 Å². The summed E-state index contributed by atoms with van der Waals surface area (Å²) in [6, 6.07) is 0. The van der Waals surface area contributed by atoms with Crippen LogP contribution in [0.1, 0.15) is 32.1 Å². The molecule has 94 valence electrons. The summed E-state index contributed by atoms with van der Waals surface area (Å²) in [6.45, 7) is 0. The summed E-state index contributed by atoms with van der Waals surface area (Å²) in [5.74, 6) is 0.554. The average Bonchev–Trinajstić information content (AvgIpc) is 2.29. The minimum Gasteiger partial charge on any atom is -0.368 e. The van der Waals surface area contributed by atoms with Crippen LogP contribution in [0.2, 0.25) is 0 Å². The lowest BCUT2D eigenvalue weighted by Crippen LogP contribution is -2.29. The number of hydroxylamine groups is 1. The normalized spacial score (nSPS) is 17.0. The summed E-state index contributed by atoms with van der Waals surface area (Å²) in [5.41, 5.74) is 11.0. The molecule has 4 N–H and O–H groups in total. The number of nitrogens with zero attached hydrogens (tertiary/aromatic N) is 4. The van der Waals surface area contributed by atoms with Gasteiger partial charge in [0.1, 0.15) is 0 Å². The number of anilines is 3. The lowest BCUT2D eigenvalue weighted by molar-refractivity contribution is 0.0165. The van der Waals surface area contributed by atoms with Crippen LogP contribution in [0.4, 0.5) is 17.8 Å². The van der Waals surface area contributed by atoms with E-state index in [2.05, 4.69) is 15.0 Å². The minimum atomic E-state index is 0.103. The van der Waals surface area contributed by atoms with Crippen molar-refractivity contribution < 1.29 is 4.84 Å². The van der Waals surface area contributed by atoms with Crippen molar-refractivity contribution >= 4 is 17.8 Å². The van der Waals surface area contributed by atoms with E-state index in [4.69, 9.17) is 16.3 Å². The number of aromatic nitrogens is 3. The second-order valence-electron chi connectivity index (χ2n) is 4.21. The van der Waals surface area contributed by atoms with E-state index >= 15 is 0 Å². The van der Waals surface area contributed by atoms with Crippen molar-refractivity contribution in [3.05, 3.63) is 0 Å². The highest BCUT2D eigenvalue weighted by Gasteiger charge is 2.18. The Kier molecular flexibility index (Phi) is 3.58. The van der Waals surface area contributed by atoms with Gasteiger partial charge >= 0.3 is 0 Å². The van der Waals surface area contributed by atoms with Gasteiger partial charge in [-0.1, -0.05) is 19.3 Å². The average molecular weight is 238 g/mol. The summed E-state index contributed by atoms with van der Waals surface area (Å²) < 4.78 is 0. The summed E-state index contributed by atoms with van der Waals surface area (Å²) >= 11 is 0. The third kappa shape index (κ3) is 3.16. The molecule has 0 radical (unpaired) electrons. The number of rotatable bonds is 3. The molecule has 17 heavy (non-hydrogen) atoms. The van der Waals surface area contributed by atoms with Gasteiger partial charge in [0, 0.05) is 7.05 Å². The molecule has 0 spiro atoms. The largest absolute Gasteiger partial charge is 0.368 e. The molecule has 0 unspecified atom stereocenters. The summed E-state index contributed by atoms with van der Waals surface area (Å²) in [7, 11) is 1.75. The molecule has 1 aromatic rings. The van der Waals surface area contributed by atoms with E-state index < -0.39 is 0 Å².